The van der Waals surface area contributed by atoms with E-state index in [2.05, 4.69) is 5.32 Å². The third-order valence-electron chi connectivity index (χ3n) is 7.81. The highest BCUT2D eigenvalue weighted by molar-refractivity contribution is 8.00. The van der Waals surface area contributed by atoms with Gasteiger partial charge in [0.05, 0.1) is 43.0 Å². The molecule has 1 N–H and O–H groups in total. The number of aromatic nitrogens is 1. The molecule has 2 aliphatic heterocycles. The van der Waals surface area contributed by atoms with E-state index in [1.165, 1.54) is 35.8 Å². The Balaban J connectivity index is 1.36. The first-order valence-electron chi connectivity index (χ1n) is 14.4. The summed E-state index contributed by atoms with van der Waals surface area (Å²) in [5, 5.41) is 2.38. The lowest BCUT2D eigenvalue weighted by Crippen LogP contribution is -2.33. The predicted molar refractivity (Wildman–Crippen MR) is 173 cm³/mol. The number of anilines is 2. The van der Waals surface area contributed by atoms with Crippen LogP contribution in [0.15, 0.2) is 82.6 Å². The molecule has 0 radical (unpaired) electrons. The lowest BCUT2D eigenvalue weighted by molar-refractivity contribution is -0.122. The van der Waals surface area contributed by atoms with Crippen LogP contribution in [0.4, 0.5) is 11.4 Å². The Hall–Kier alpha value is -4.88. The molecule has 0 bridgehead atoms. The zero-order chi connectivity index (χ0) is 32.5. The van der Waals surface area contributed by atoms with Crippen LogP contribution in [0.1, 0.15) is 33.6 Å². The number of nitrogens with one attached hydrogen (secondary N) is 1. The first kappa shape index (κ1) is 31.1. The van der Waals surface area contributed by atoms with E-state index in [1.54, 1.807) is 67.6 Å². The molecule has 236 valence electrons. The van der Waals surface area contributed by atoms with Crippen LogP contribution in [-0.4, -0.2) is 54.3 Å². The number of imide groups is 1. The van der Waals surface area contributed by atoms with Crippen molar-refractivity contribution in [2.75, 3.05) is 31.0 Å². The minimum atomic E-state index is -0.836. The highest BCUT2D eigenvalue weighted by atomic mass is 32.2. The number of fused-ring (bicyclic) bond motifs is 2. The number of para-hydroxylation sites is 1. The summed E-state index contributed by atoms with van der Waals surface area (Å²) in [5.74, 6) is -2.24. The zero-order valence-electron chi connectivity index (χ0n) is 25.1. The second-order valence-corrected chi connectivity index (χ2v) is 12.6. The number of esters is 1. The zero-order valence-corrected chi connectivity index (χ0v) is 26.7. The van der Waals surface area contributed by atoms with E-state index in [-0.39, 0.29) is 19.1 Å². The Morgan fingerprint density at radius 2 is 1.61 bits per heavy atom. The van der Waals surface area contributed by atoms with E-state index in [4.69, 9.17) is 14.2 Å². The quantitative estimate of drug-likeness (QED) is 0.203. The number of hydrogen-bond acceptors (Lipinski definition) is 10. The van der Waals surface area contributed by atoms with Crippen LogP contribution in [0.2, 0.25) is 0 Å². The SMILES string of the molecule is CCOC(=O)c1ccc(NC(=O)Cn2c3c(sc2=O)C(c2ccc(OC)c(OC)c2)C2C(=O)N(c4ccccc4)C(=O)C2S3)cc1. The number of thiazole rings is 1. The van der Waals surface area contributed by atoms with Crippen molar-refractivity contribution in [3.05, 3.63) is 98.5 Å². The van der Waals surface area contributed by atoms with Crippen LogP contribution in [0.25, 0.3) is 0 Å². The third kappa shape index (κ3) is 5.56. The summed E-state index contributed by atoms with van der Waals surface area (Å²) in [5.41, 5.74) is 1.91. The van der Waals surface area contributed by atoms with Gasteiger partial charge in [0.15, 0.2) is 11.5 Å². The van der Waals surface area contributed by atoms with Crippen molar-refractivity contribution >= 4 is 58.2 Å². The van der Waals surface area contributed by atoms with Gasteiger partial charge in [-0.3, -0.25) is 23.7 Å². The molecule has 4 aromatic rings. The first-order valence-corrected chi connectivity index (χ1v) is 16.1. The van der Waals surface area contributed by atoms with E-state index < -0.39 is 39.7 Å². The average Bonchev–Trinajstić information content (AvgIpc) is 3.51. The third-order valence-corrected chi connectivity index (χ3v) is 10.4. The molecule has 3 aromatic carbocycles. The van der Waals surface area contributed by atoms with Crippen molar-refractivity contribution in [2.45, 2.75) is 29.7 Å². The van der Waals surface area contributed by atoms with Gasteiger partial charge in [-0.2, -0.15) is 0 Å². The van der Waals surface area contributed by atoms with Gasteiger partial charge in [0, 0.05) is 16.5 Å². The summed E-state index contributed by atoms with van der Waals surface area (Å²) >= 11 is 2.08. The van der Waals surface area contributed by atoms with Gasteiger partial charge in [0.25, 0.3) is 0 Å². The number of methoxy groups -OCH3 is 2. The summed E-state index contributed by atoms with van der Waals surface area (Å²) in [6, 6.07) is 20.2. The normalized spacial score (nSPS) is 18.5. The number of ether oxygens (including phenoxy) is 3. The molecule has 11 nitrogen and oxygen atoms in total. The molecule has 3 amide bonds. The number of hydrogen-bond donors (Lipinski definition) is 1. The highest BCUT2D eigenvalue weighted by Gasteiger charge is 2.57. The van der Waals surface area contributed by atoms with Crippen LogP contribution in [0, 0.1) is 5.92 Å². The molecule has 1 fully saturated rings. The summed E-state index contributed by atoms with van der Waals surface area (Å²) in [6.45, 7) is 1.64. The summed E-state index contributed by atoms with van der Waals surface area (Å²) in [6.07, 6.45) is 0. The summed E-state index contributed by atoms with van der Waals surface area (Å²) < 4.78 is 17.3. The van der Waals surface area contributed by atoms with E-state index in [9.17, 15) is 24.0 Å². The average molecular weight is 660 g/mol. The van der Waals surface area contributed by atoms with Gasteiger partial charge in [-0.15, -0.1) is 0 Å². The number of amides is 3. The minimum Gasteiger partial charge on any atom is -0.493 e. The molecule has 13 heteroatoms. The van der Waals surface area contributed by atoms with Crippen LogP contribution in [0.3, 0.4) is 0 Å². The molecular weight excluding hydrogens is 631 g/mol. The maximum atomic E-state index is 14.1. The second kappa shape index (κ2) is 12.9. The molecule has 0 spiro atoms. The van der Waals surface area contributed by atoms with E-state index in [0.29, 0.717) is 43.9 Å². The van der Waals surface area contributed by atoms with Crippen LogP contribution in [0.5, 0.6) is 11.5 Å². The molecule has 1 aromatic heterocycles. The fourth-order valence-electron chi connectivity index (χ4n) is 5.74. The lowest BCUT2D eigenvalue weighted by Gasteiger charge is -2.31. The molecule has 0 aliphatic carbocycles. The second-order valence-electron chi connectivity index (χ2n) is 10.5. The summed E-state index contributed by atoms with van der Waals surface area (Å²) in [7, 11) is 3.03. The van der Waals surface area contributed by atoms with Gasteiger partial charge in [-0.1, -0.05) is 47.4 Å². The van der Waals surface area contributed by atoms with Crippen molar-refractivity contribution in [2.24, 2.45) is 5.92 Å². The smallest absolute Gasteiger partial charge is 0.338 e. The number of benzene rings is 3. The Labute approximate surface area is 272 Å². The maximum absolute atomic E-state index is 14.1. The van der Waals surface area contributed by atoms with E-state index >= 15 is 0 Å². The molecular formula is C33H29N3O8S2. The molecule has 3 unspecified atom stereocenters. The number of carbonyl (C=O) groups excluding carboxylic acids is 4. The Morgan fingerprint density at radius 1 is 0.891 bits per heavy atom. The van der Waals surface area contributed by atoms with Gasteiger partial charge < -0.3 is 19.5 Å². The fraction of sp³-hybridized carbons (Fsp3) is 0.242. The number of thioether (sulfide) groups is 1. The topological polar surface area (TPSA) is 133 Å². The summed E-state index contributed by atoms with van der Waals surface area (Å²) in [4.78, 5) is 68.0. The molecule has 3 heterocycles. The van der Waals surface area contributed by atoms with Gasteiger partial charge in [0.1, 0.15) is 11.8 Å². The van der Waals surface area contributed by atoms with E-state index in [0.717, 1.165) is 23.1 Å². The highest BCUT2D eigenvalue weighted by Crippen LogP contribution is 2.54. The minimum absolute atomic E-state index is 0.244. The maximum Gasteiger partial charge on any atom is 0.338 e. The monoisotopic (exact) mass is 659 g/mol. The van der Waals surface area contributed by atoms with Crippen LogP contribution >= 0.6 is 23.1 Å². The van der Waals surface area contributed by atoms with Crippen molar-refractivity contribution in [1.29, 1.82) is 0 Å². The van der Waals surface area contributed by atoms with Gasteiger partial charge in [0.2, 0.25) is 17.7 Å². The molecule has 0 saturated carbocycles. The van der Waals surface area contributed by atoms with Gasteiger partial charge in [-0.25, -0.2) is 9.69 Å². The Bertz CT molecular complexity index is 1890. The largest absolute Gasteiger partial charge is 0.493 e. The van der Waals surface area contributed by atoms with Crippen molar-refractivity contribution in [1.82, 2.24) is 4.57 Å². The number of carbonyl (C=O) groups is 4. The van der Waals surface area contributed by atoms with Gasteiger partial charge in [-0.05, 0) is 61.0 Å². The molecule has 3 atom stereocenters. The molecule has 1 saturated heterocycles. The molecule has 46 heavy (non-hydrogen) atoms. The van der Waals surface area contributed by atoms with E-state index in [1.807, 2.05) is 0 Å². The van der Waals surface area contributed by atoms with Crippen molar-refractivity contribution < 1.29 is 33.4 Å². The molecule has 6 rings (SSSR count). The van der Waals surface area contributed by atoms with Gasteiger partial charge >= 0.3 is 10.8 Å². The van der Waals surface area contributed by atoms with Crippen LogP contribution in [-0.2, 0) is 25.7 Å². The first-order chi connectivity index (χ1) is 22.2. The van der Waals surface area contributed by atoms with Crippen LogP contribution < -0.4 is 24.6 Å². The number of rotatable bonds is 9. The fourth-order valence-corrected chi connectivity index (χ4v) is 8.51. The Kier molecular flexibility index (Phi) is 8.69. The number of nitrogens with zero attached hydrogens (tertiary/aromatic N) is 2. The Morgan fingerprint density at radius 3 is 2.28 bits per heavy atom. The van der Waals surface area contributed by atoms with Crippen molar-refractivity contribution in [3.63, 3.8) is 0 Å². The predicted octanol–water partition coefficient (Wildman–Crippen LogP) is 4.54. The van der Waals surface area contributed by atoms with Crippen molar-refractivity contribution in [3.8, 4) is 11.5 Å². The standard InChI is InChI=1S/C33H29N3O8S2/c1-4-44-32(40)18-10-13-20(14-11-18)34-24(37)17-35-31-28(46-33(35)41)25(19-12-15-22(42-2)23(16-19)43-3)26-27(45-31)30(39)36(29(26)38)21-8-6-5-7-9-21/h5-16,25-27H,4,17H2,1-3H3,(H,34,37). The molecule has 2 aliphatic rings. The lowest BCUT2D eigenvalue weighted by atomic mass is 9.83.